The van der Waals surface area contributed by atoms with Crippen LogP contribution >= 0.6 is 0 Å². The molecular weight excluding hydrogens is 256 g/mol. The lowest BCUT2D eigenvalue weighted by atomic mass is 10.00. The van der Waals surface area contributed by atoms with E-state index in [0.717, 1.165) is 12.8 Å². The summed E-state index contributed by atoms with van der Waals surface area (Å²) in [7, 11) is 0. The average molecular weight is 278 g/mol. The minimum atomic E-state index is -0.511. The van der Waals surface area contributed by atoms with Gasteiger partial charge in [0.2, 0.25) is 5.91 Å². The Bertz CT molecular complexity index is 437. The van der Waals surface area contributed by atoms with Crippen molar-refractivity contribution in [2.24, 2.45) is 11.7 Å². The third-order valence-electron chi connectivity index (χ3n) is 3.22. The molecule has 0 bridgehead atoms. The van der Waals surface area contributed by atoms with Gasteiger partial charge in [-0.25, -0.2) is 0 Å². The third kappa shape index (κ3) is 5.01. The number of amides is 2. The zero-order chi connectivity index (χ0) is 15.0. The van der Waals surface area contributed by atoms with Crippen molar-refractivity contribution in [1.29, 1.82) is 0 Å². The molecule has 1 aromatic carbocycles. The van der Waals surface area contributed by atoms with E-state index >= 15 is 0 Å². The van der Waals surface area contributed by atoms with E-state index in [4.69, 9.17) is 10.8 Å². The number of hydrogen-bond donors (Lipinski definition) is 3. The summed E-state index contributed by atoms with van der Waals surface area (Å²) in [5.41, 5.74) is 6.02. The zero-order valence-electron chi connectivity index (χ0n) is 11.8. The predicted molar refractivity (Wildman–Crippen MR) is 77.4 cm³/mol. The van der Waals surface area contributed by atoms with Crippen molar-refractivity contribution in [1.82, 2.24) is 5.32 Å². The molecule has 0 heterocycles. The van der Waals surface area contributed by atoms with Gasteiger partial charge < -0.3 is 16.2 Å². The normalized spacial score (nSPS) is 11.9. The van der Waals surface area contributed by atoms with Gasteiger partial charge in [0.05, 0.1) is 0 Å². The van der Waals surface area contributed by atoms with Gasteiger partial charge in [0, 0.05) is 24.3 Å². The van der Waals surface area contributed by atoms with E-state index in [-0.39, 0.29) is 12.5 Å². The largest absolute Gasteiger partial charge is 0.396 e. The lowest BCUT2D eigenvalue weighted by molar-refractivity contribution is 0.0940. The van der Waals surface area contributed by atoms with Crippen LogP contribution in [0.1, 0.15) is 46.9 Å². The summed E-state index contributed by atoms with van der Waals surface area (Å²) in [6.07, 6.45) is 2.68. The summed E-state index contributed by atoms with van der Waals surface area (Å²) in [5.74, 6) is -0.401. The maximum absolute atomic E-state index is 11.9. The number of nitrogens with one attached hydrogen (secondary N) is 1. The van der Waals surface area contributed by atoms with Crippen LogP contribution in [0.3, 0.4) is 0 Å². The fourth-order valence-corrected chi connectivity index (χ4v) is 2.06. The molecule has 0 aliphatic rings. The Balaban J connectivity index is 2.55. The van der Waals surface area contributed by atoms with Gasteiger partial charge in [0.15, 0.2) is 0 Å². The Hall–Kier alpha value is -1.88. The molecule has 0 saturated heterocycles. The molecule has 20 heavy (non-hydrogen) atoms. The fourth-order valence-electron chi connectivity index (χ4n) is 2.06. The smallest absolute Gasteiger partial charge is 0.251 e. The molecule has 0 aliphatic carbocycles. The highest BCUT2D eigenvalue weighted by atomic mass is 16.3. The van der Waals surface area contributed by atoms with Crippen molar-refractivity contribution in [3.63, 3.8) is 0 Å². The Morgan fingerprint density at radius 3 is 2.30 bits per heavy atom. The SMILES string of the molecule is CCCC(CCO)CNC(=O)c1ccc(C(N)=O)cc1. The molecule has 5 heteroatoms. The number of aliphatic hydroxyl groups is 1. The Morgan fingerprint density at radius 1 is 1.20 bits per heavy atom. The molecule has 0 spiro atoms. The first kappa shape index (κ1) is 16.2. The summed E-state index contributed by atoms with van der Waals surface area (Å²) in [5, 5.41) is 11.8. The van der Waals surface area contributed by atoms with Crippen LogP contribution in [0.4, 0.5) is 0 Å². The number of rotatable bonds is 8. The Labute approximate surface area is 119 Å². The molecule has 4 N–H and O–H groups in total. The molecule has 0 aromatic heterocycles. The Morgan fingerprint density at radius 2 is 1.80 bits per heavy atom. The van der Waals surface area contributed by atoms with Gasteiger partial charge in [-0.2, -0.15) is 0 Å². The van der Waals surface area contributed by atoms with E-state index in [2.05, 4.69) is 12.2 Å². The maximum atomic E-state index is 11.9. The van der Waals surface area contributed by atoms with E-state index in [1.165, 1.54) is 12.1 Å². The van der Waals surface area contributed by atoms with Gasteiger partial charge >= 0.3 is 0 Å². The number of aliphatic hydroxyl groups excluding tert-OH is 1. The van der Waals surface area contributed by atoms with Crippen molar-refractivity contribution in [3.05, 3.63) is 35.4 Å². The molecule has 0 saturated carbocycles. The van der Waals surface area contributed by atoms with E-state index in [1.807, 2.05) is 0 Å². The second kappa shape index (κ2) is 8.32. The maximum Gasteiger partial charge on any atom is 0.251 e. The van der Waals surface area contributed by atoms with E-state index in [1.54, 1.807) is 12.1 Å². The zero-order valence-corrected chi connectivity index (χ0v) is 11.8. The monoisotopic (exact) mass is 278 g/mol. The van der Waals surface area contributed by atoms with Gasteiger partial charge in [-0.05, 0) is 43.0 Å². The van der Waals surface area contributed by atoms with Crippen LogP contribution < -0.4 is 11.1 Å². The highest BCUT2D eigenvalue weighted by Gasteiger charge is 2.11. The molecule has 1 unspecified atom stereocenters. The number of benzene rings is 1. The molecule has 0 aliphatic heterocycles. The summed E-state index contributed by atoms with van der Waals surface area (Å²) in [6, 6.07) is 6.23. The van der Waals surface area contributed by atoms with Crippen molar-refractivity contribution < 1.29 is 14.7 Å². The lowest BCUT2D eigenvalue weighted by Gasteiger charge is -2.15. The minimum absolute atomic E-state index is 0.133. The van der Waals surface area contributed by atoms with E-state index in [9.17, 15) is 9.59 Å². The van der Waals surface area contributed by atoms with E-state index < -0.39 is 5.91 Å². The highest BCUT2D eigenvalue weighted by Crippen LogP contribution is 2.10. The lowest BCUT2D eigenvalue weighted by Crippen LogP contribution is -2.29. The van der Waals surface area contributed by atoms with Crippen molar-refractivity contribution in [2.75, 3.05) is 13.2 Å². The Kier molecular flexibility index (Phi) is 6.73. The summed E-state index contributed by atoms with van der Waals surface area (Å²) in [4.78, 5) is 22.9. The number of nitrogens with two attached hydrogens (primary N) is 1. The predicted octanol–water partition coefficient (Wildman–Crippen LogP) is 1.31. The van der Waals surface area contributed by atoms with Crippen LogP contribution in [0.15, 0.2) is 24.3 Å². The summed E-state index contributed by atoms with van der Waals surface area (Å²) < 4.78 is 0. The van der Waals surface area contributed by atoms with Crippen LogP contribution in [0.2, 0.25) is 0 Å². The number of carbonyl (C=O) groups is 2. The average Bonchev–Trinajstić information content (AvgIpc) is 2.45. The van der Waals surface area contributed by atoms with Gasteiger partial charge in [0.1, 0.15) is 0 Å². The van der Waals surface area contributed by atoms with Crippen LogP contribution in [0, 0.1) is 5.92 Å². The molecule has 110 valence electrons. The number of carbonyl (C=O) groups excluding carboxylic acids is 2. The quantitative estimate of drug-likeness (QED) is 0.669. The second-order valence-corrected chi connectivity index (χ2v) is 4.82. The van der Waals surface area contributed by atoms with Crippen LogP contribution in [-0.2, 0) is 0 Å². The summed E-state index contributed by atoms with van der Waals surface area (Å²) >= 11 is 0. The first-order chi connectivity index (χ1) is 9.58. The standard InChI is InChI=1S/C15H22N2O3/c1-2-3-11(8-9-18)10-17-15(20)13-6-4-12(5-7-13)14(16)19/h4-7,11,18H,2-3,8-10H2,1H3,(H2,16,19)(H,17,20). The van der Waals surface area contributed by atoms with Crippen LogP contribution in [-0.4, -0.2) is 30.1 Å². The molecule has 1 aromatic rings. The summed E-state index contributed by atoms with van der Waals surface area (Å²) in [6.45, 7) is 2.76. The molecule has 2 amide bonds. The minimum Gasteiger partial charge on any atom is -0.396 e. The van der Waals surface area contributed by atoms with Gasteiger partial charge in [-0.1, -0.05) is 13.3 Å². The third-order valence-corrected chi connectivity index (χ3v) is 3.22. The van der Waals surface area contributed by atoms with Gasteiger partial charge in [-0.3, -0.25) is 9.59 Å². The van der Waals surface area contributed by atoms with Gasteiger partial charge in [0.25, 0.3) is 5.91 Å². The fraction of sp³-hybridized carbons (Fsp3) is 0.467. The van der Waals surface area contributed by atoms with Crippen molar-refractivity contribution >= 4 is 11.8 Å². The van der Waals surface area contributed by atoms with Crippen molar-refractivity contribution in [2.45, 2.75) is 26.2 Å². The topological polar surface area (TPSA) is 92.4 Å². The molecule has 1 rings (SSSR count). The molecule has 1 atom stereocenters. The molecule has 0 fully saturated rings. The first-order valence-electron chi connectivity index (χ1n) is 6.87. The van der Waals surface area contributed by atoms with Gasteiger partial charge in [-0.15, -0.1) is 0 Å². The van der Waals surface area contributed by atoms with Crippen molar-refractivity contribution in [3.8, 4) is 0 Å². The molecule has 5 nitrogen and oxygen atoms in total. The second-order valence-electron chi connectivity index (χ2n) is 4.82. The molecular formula is C15H22N2O3. The van der Waals surface area contributed by atoms with E-state index in [0.29, 0.717) is 30.0 Å². The van der Waals surface area contributed by atoms with Crippen LogP contribution in [0.25, 0.3) is 0 Å². The number of hydrogen-bond acceptors (Lipinski definition) is 3. The number of primary amides is 1. The van der Waals surface area contributed by atoms with Crippen LogP contribution in [0.5, 0.6) is 0 Å². The highest BCUT2D eigenvalue weighted by molar-refractivity contribution is 5.97. The first-order valence-corrected chi connectivity index (χ1v) is 6.87. The molecule has 0 radical (unpaired) electrons.